The van der Waals surface area contributed by atoms with E-state index in [4.69, 9.17) is 21.1 Å². The lowest BCUT2D eigenvalue weighted by Gasteiger charge is -2.24. The molecule has 2 aliphatic heterocycles. The van der Waals surface area contributed by atoms with Gasteiger partial charge in [-0.2, -0.15) is 5.10 Å². The Morgan fingerprint density at radius 3 is 2.67 bits per heavy atom. The van der Waals surface area contributed by atoms with Gasteiger partial charge in [0, 0.05) is 35.1 Å². The SMILES string of the molecule is CC(C)C(=O)N1N=C(C2CC2)C[C@@H]1c1cc2cc3c(cc2nc1Cl)OCO3. The van der Waals surface area contributed by atoms with Gasteiger partial charge in [0.1, 0.15) is 5.15 Å². The van der Waals surface area contributed by atoms with Gasteiger partial charge in [-0.1, -0.05) is 25.4 Å². The summed E-state index contributed by atoms with van der Waals surface area (Å²) in [5.74, 6) is 1.77. The van der Waals surface area contributed by atoms with E-state index < -0.39 is 0 Å². The van der Waals surface area contributed by atoms with Gasteiger partial charge in [-0.25, -0.2) is 9.99 Å². The first-order chi connectivity index (χ1) is 13.0. The van der Waals surface area contributed by atoms with Crippen LogP contribution >= 0.6 is 11.6 Å². The van der Waals surface area contributed by atoms with Gasteiger partial charge in [-0.15, -0.1) is 0 Å². The molecule has 27 heavy (non-hydrogen) atoms. The summed E-state index contributed by atoms with van der Waals surface area (Å²) in [6, 6.07) is 5.55. The highest BCUT2D eigenvalue weighted by Crippen LogP contribution is 2.44. The Balaban J connectivity index is 1.57. The third-order valence-corrected chi connectivity index (χ3v) is 5.65. The van der Waals surface area contributed by atoms with Crippen LogP contribution in [0.25, 0.3) is 10.9 Å². The Labute approximate surface area is 162 Å². The molecule has 140 valence electrons. The number of ether oxygens (including phenoxy) is 2. The molecule has 0 unspecified atom stereocenters. The summed E-state index contributed by atoms with van der Waals surface area (Å²) in [6.45, 7) is 4.00. The average molecular weight is 386 g/mol. The maximum atomic E-state index is 12.8. The van der Waals surface area contributed by atoms with E-state index in [1.165, 1.54) is 0 Å². The second-order valence-electron chi connectivity index (χ2n) is 7.69. The number of nitrogens with zero attached hydrogens (tertiary/aromatic N) is 3. The van der Waals surface area contributed by atoms with Crippen LogP contribution in [0.2, 0.25) is 5.15 Å². The Morgan fingerprint density at radius 1 is 1.22 bits per heavy atom. The minimum Gasteiger partial charge on any atom is -0.454 e. The highest BCUT2D eigenvalue weighted by molar-refractivity contribution is 6.30. The second kappa shape index (κ2) is 6.09. The van der Waals surface area contributed by atoms with E-state index in [2.05, 4.69) is 10.1 Å². The number of hydrogen-bond donors (Lipinski definition) is 0. The molecule has 0 N–H and O–H groups in total. The average Bonchev–Trinajstić information content (AvgIpc) is 3.24. The van der Waals surface area contributed by atoms with Crippen molar-refractivity contribution < 1.29 is 14.3 Å². The minimum atomic E-state index is -0.203. The predicted molar refractivity (Wildman–Crippen MR) is 102 cm³/mol. The van der Waals surface area contributed by atoms with Gasteiger partial charge in [0.05, 0.1) is 11.6 Å². The van der Waals surface area contributed by atoms with Gasteiger partial charge in [0.2, 0.25) is 12.7 Å². The van der Waals surface area contributed by atoms with Crippen molar-refractivity contribution in [3.05, 3.63) is 28.9 Å². The monoisotopic (exact) mass is 385 g/mol. The number of fused-ring (bicyclic) bond motifs is 2. The van der Waals surface area contributed by atoms with E-state index >= 15 is 0 Å². The van der Waals surface area contributed by atoms with Crippen LogP contribution in [-0.2, 0) is 4.79 Å². The molecule has 5 rings (SSSR count). The van der Waals surface area contributed by atoms with Crippen molar-refractivity contribution in [1.82, 2.24) is 9.99 Å². The summed E-state index contributed by atoms with van der Waals surface area (Å²) in [5.41, 5.74) is 2.68. The number of benzene rings is 1. The van der Waals surface area contributed by atoms with E-state index in [9.17, 15) is 4.79 Å². The zero-order valence-corrected chi connectivity index (χ0v) is 16.0. The molecule has 1 aromatic heterocycles. The quantitative estimate of drug-likeness (QED) is 0.738. The molecular formula is C20H20ClN3O3. The van der Waals surface area contributed by atoms with Crippen molar-refractivity contribution in [3.63, 3.8) is 0 Å². The molecule has 3 aliphatic rings. The number of pyridine rings is 1. The van der Waals surface area contributed by atoms with Gasteiger partial charge in [-0.3, -0.25) is 4.79 Å². The number of carbonyl (C=O) groups is 1. The lowest BCUT2D eigenvalue weighted by Crippen LogP contribution is -2.30. The lowest BCUT2D eigenvalue weighted by atomic mass is 9.99. The van der Waals surface area contributed by atoms with Crippen molar-refractivity contribution in [2.75, 3.05) is 6.79 Å². The van der Waals surface area contributed by atoms with Crippen LogP contribution in [0.5, 0.6) is 11.5 Å². The first-order valence-electron chi connectivity index (χ1n) is 9.31. The van der Waals surface area contributed by atoms with Gasteiger partial charge in [0.15, 0.2) is 11.5 Å². The van der Waals surface area contributed by atoms with Crippen LogP contribution in [0, 0.1) is 11.8 Å². The fraction of sp³-hybridized carbons (Fsp3) is 0.450. The predicted octanol–water partition coefficient (Wildman–Crippen LogP) is 4.31. The highest BCUT2D eigenvalue weighted by Gasteiger charge is 2.40. The Hall–Kier alpha value is -2.34. The molecule has 6 nitrogen and oxygen atoms in total. The molecule has 2 aromatic rings. The van der Waals surface area contributed by atoms with Gasteiger partial charge in [0.25, 0.3) is 0 Å². The third-order valence-electron chi connectivity index (χ3n) is 5.35. The Kier molecular flexibility index (Phi) is 3.79. The molecule has 1 atom stereocenters. The second-order valence-corrected chi connectivity index (χ2v) is 8.05. The Morgan fingerprint density at radius 2 is 1.96 bits per heavy atom. The van der Waals surface area contributed by atoms with Crippen molar-refractivity contribution in [2.45, 2.75) is 39.2 Å². The molecule has 1 fully saturated rings. The number of halogens is 1. The first-order valence-corrected chi connectivity index (χ1v) is 9.69. The van der Waals surface area contributed by atoms with Crippen LogP contribution in [0.1, 0.15) is 44.7 Å². The van der Waals surface area contributed by atoms with Gasteiger partial charge < -0.3 is 9.47 Å². The third kappa shape index (κ3) is 2.83. The summed E-state index contributed by atoms with van der Waals surface area (Å²) >= 11 is 6.55. The minimum absolute atomic E-state index is 0.0116. The molecule has 1 saturated carbocycles. The zero-order chi connectivity index (χ0) is 18.7. The van der Waals surface area contributed by atoms with E-state index in [-0.39, 0.29) is 24.7 Å². The maximum Gasteiger partial charge on any atom is 0.245 e. The topological polar surface area (TPSA) is 64.0 Å². The van der Waals surface area contributed by atoms with Crippen LogP contribution in [0.15, 0.2) is 23.3 Å². The van der Waals surface area contributed by atoms with E-state index in [1.54, 1.807) is 5.01 Å². The number of aromatic nitrogens is 1. The summed E-state index contributed by atoms with van der Waals surface area (Å²) in [4.78, 5) is 17.3. The molecular weight excluding hydrogens is 366 g/mol. The van der Waals surface area contributed by atoms with Crippen LogP contribution in [0.4, 0.5) is 0 Å². The summed E-state index contributed by atoms with van der Waals surface area (Å²) in [7, 11) is 0. The number of amides is 1. The summed E-state index contributed by atoms with van der Waals surface area (Å²) < 4.78 is 10.9. The van der Waals surface area contributed by atoms with Gasteiger partial charge >= 0.3 is 0 Å². The standard InChI is InChI=1S/C20H20ClN3O3/c1-10(2)20(25)24-16(7-15(23-24)11-3-4-11)13-5-12-6-17-18(27-9-26-17)8-14(12)22-19(13)21/h5-6,8,10-11,16H,3-4,7,9H2,1-2H3/t16-/m1/s1. The first kappa shape index (κ1) is 16.8. The van der Waals surface area contributed by atoms with E-state index in [1.807, 2.05) is 32.0 Å². The van der Waals surface area contributed by atoms with Crippen molar-refractivity contribution >= 4 is 34.1 Å². The number of rotatable bonds is 3. The van der Waals surface area contributed by atoms with Crippen LogP contribution in [0.3, 0.4) is 0 Å². The Bertz CT molecular complexity index is 984. The van der Waals surface area contributed by atoms with E-state index in [0.29, 0.717) is 22.6 Å². The molecule has 0 bridgehead atoms. The normalized spacial score (nSPS) is 21.3. The number of hydrogen-bond acceptors (Lipinski definition) is 5. The molecule has 1 aliphatic carbocycles. The summed E-state index contributed by atoms with van der Waals surface area (Å²) in [5, 5.41) is 7.62. The molecule has 0 spiro atoms. The van der Waals surface area contributed by atoms with Crippen molar-refractivity contribution in [2.24, 2.45) is 16.9 Å². The molecule has 3 heterocycles. The fourth-order valence-corrected chi connectivity index (χ4v) is 3.97. The van der Waals surface area contributed by atoms with E-state index in [0.717, 1.165) is 41.4 Å². The largest absolute Gasteiger partial charge is 0.454 e. The highest BCUT2D eigenvalue weighted by atomic mass is 35.5. The maximum absolute atomic E-state index is 12.8. The molecule has 7 heteroatoms. The van der Waals surface area contributed by atoms with Crippen LogP contribution in [-0.4, -0.2) is 28.4 Å². The lowest BCUT2D eigenvalue weighted by molar-refractivity contribution is -0.136. The van der Waals surface area contributed by atoms with Crippen molar-refractivity contribution in [3.8, 4) is 11.5 Å². The molecule has 0 radical (unpaired) electrons. The number of hydrazone groups is 1. The molecule has 0 saturated heterocycles. The zero-order valence-electron chi connectivity index (χ0n) is 15.2. The molecule has 1 aromatic carbocycles. The molecule has 1 amide bonds. The summed E-state index contributed by atoms with van der Waals surface area (Å²) in [6.07, 6.45) is 3.03. The smallest absolute Gasteiger partial charge is 0.245 e. The fourth-order valence-electron chi connectivity index (χ4n) is 3.70. The number of carbonyl (C=O) groups excluding carboxylic acids is 1. The van der Waals surface area contributed by atoms with Crippen molar-refractivity contribution in [1.29, 1.82) is 0 Å². The van der Waals surface area contributed by atoms with Gasteiger partial charge in [-0.05, 0) is 30.9 Å². The van der Waals surface area contributed by atoms with Crippen LogP contribution < -0.4 is 9.47 Å².